The molecule has 0 aliphatic carbocycles. The average molecular weight is 261 g/mol. The van der Waals surface area contributed by atoms with E-state index in [1.165, 1.54) is 10.4 Å². The van der Waals surface area contributed by atoms with Crippen LogP contribution in [0, 0.1) is 11.3 Å². The molecule has 0 saturated carbocycles. The van der Waals surface area contributed by atoms with E-state index in [1.807, 2.05) is 24.3 Å². The Balaban J connectivity index is 1.96. The van der Waals surface area contributed by atoms with Gasteiger partial charge in [0.25, 0.3) is 0 Å². The zero-order valence-corrected chi connectivity index (χ0v) is 11.0. The molecule has 0 amide bonds. The molecule has 0 atom stereocenters. The first-order chi connectivity index (χ1) is 9.35. The predicted molar refractivity (Wildman–Crippen MR) is 81.9 cm³/mol. The summed E-state index contributed by atoms with van der Waals surface area (Å²) in [6.45, 7) is 0. The molecule has 19 heavy (non-hydrogen) atoms. The van der Waals surface area contributed by atoms with E-state index in [2.05, 4.69) is 47.9 Å². The van der Waals surface area contributed by atoms with Gasteiger partial charge in [-0.2, -0.15) is 5.26 Å². The lowest BCUT2D eigenvalue weighted by Gasteiger charge is -2.00. The number of thiophene rings is 1. The van der Waals surface area contributed by atoms with Crippen molar-refractivity contribution in [2.75, 3.05) is 0 Å². The van der Waals surface area contributed by atoms with Crippen molar-refractivity contribution in [2.45, 2.75) is 0 Å². The van der Waals surface area contributed by atoms with Crippen LogP contribution >= 0.6 is 11.3 Å². The number of nitriles is 1. The van der Waals surface area contributed by atoms with Gasteiger partial charge < -0.3 is 0 Å². The smallest absolute Gasteiger partial charge is 0.0991 e. The number of hydrogen-bond donors (Lipinski definition) is 0. The maximum Gasteiger partial charge on any atom is 0.0991 e. The molecule has 2 aromatic carbocycles. The van der Waals surface area contributed by atoms with Crippen molar-refractivity contribution in [3.05, 3.63) is 69.9 Å². The summed E-state index contributed by atoms with van der Waals surface area (Å²) in [5, 5.41) is 13.2. The molecule has 0 unspecified atom stereocenters. The van der Waals surface area contributed by atoms with E-state index in [0.29, 0.717) is 5.56 Å². The Hall–Kier alpha value is -2.37. The number of nitrogens with zero attached hydrogens (tertiary/aromatic N) is 1. The van der Waals surface area contributed by atoms with E-state index in [9.17, 15) is 0 Å². The monoisotopic (exact) mass is 261 g/mol. The highest BCUT2D eigenvalue weighted by Crippen LogP contribution is 2.20. The minimum atomic E-state index is 0.703. The standard InChI is InChI=1S/C17H11NS/c18-12-14-4-7-15-10-13(3-6-16(15)11-14)5-8-17-2-1-9-19-17/h1-11H/b8-5+. The van der Waals surface area contributed by atoms with E-state index < -0.39 is 0 Å². The van der Waals surface area contributed by atoms with Gasteiger partial charge in [0.05, 0.1) is 11.6 Å². The van der Waals surface area contributed by atoms with Crippen LogP contribution < -0.4 is 0 Å². The van der Waals surface area contributed by atoms with Gasteiger partial charge in [0.15, 0.2) is 0 Å². The lowest BCUT2D eigenvalue weighted by atomic mass is 10.0. The van der Waals surface area contributed by atoms with Gasteiger partial charge in [-0.3, -0.25) is 0 Å². The molecule has 0 spiro atoms. The normalized spacial score (nSPS) is 10.9. The molecule has 0 fully saturated rings. The van der Waals surface area contributed by atoms with Gasteiger partial charge in [0.2, 0.25) is 0 Å². The zero-order chi connectivity index (χ0) is 13.1. The first-order valence-corrected chi connectivity index (χ1v) is 6.89. The highest BCUT2D eigenvalue weighted by molar-refractivity contribution is 7.10. The summed E-state index contributed by atoms with van der Waals surface area (Å²) < 4.78 is 0. The summed E-state index contributed by atoms with van der Waals surface area (Å²) in [4.78, 5) is 1.25. The third-order valence-electron chi connectivity index (χ3n) is 2.98. The van der Waals surface area contributed by atoms with Crippen molar-refractivity contribution in [1.82, 2.24) is 0 Å². The first-order valence-electron chi connectivity index (χ1n) is 6.01. The maximum absolute atomic E-state index is 8.88. The number of hydrogen-bond acceptors (Lipinski definition) is 2. The second-order valence-electron chi connectivity index (χ2n) is 4.28. The van der Waals surface area contributed by atoms with Crippen LogP contribution in [0.1, 0.15) is 16.0 Å². The van der Waals surface area contributed by atoms with Gasteiger partial charge in [0.1, 0.15) is 0 Å². The van der Waals surface area contributed by atoms with Gasteiger partial charge >= 0.3 is 0 Å². The molecular formula is C17H11NS. The largest absolute Gasteiger partial charge is 0.192 e. The van der Waals surface area contributed by atoms with E-state index in [0.717, 1.165) is 10.8 Å². The van der Waals surface area contributed by atoms with Crippen LogP contribution in [-0.2, 0) is 0 Å². The molecule has 90 valence electrons. The van der Waals surface area contributed by atoms with Crippen LogP contribution in [0.15, 0.2) is 53.9 Å². The first kappa shape index (κ1) is 11.7. The van der Waals surface area contributed by atoms with Gasteiger partial charge in [-0.1, -0.05) is 30.3 Å². The van der Waals surface area contributed by atoms with Crippen LogP contribution in [-0.4, -0.2) is 0 Å². The summed E-state index contributed by atoms with van der Waals surface area (Å²) in [5.41, 5.74) is 1.87. The number of rotatable bonds is 2. The van der Waals surface area contributed by atoms with Crippen molar-refractivity contribution >= 4 is 34.3 Å². The molecule has 3 rings (SSSR count). The van der Waals surface area contributed by atoms with Crippen molar-refractivity contribution in [1.29, 1.82) is 5.26 Å². The zero-order valence-electron chi connectivity index (χ0n) is 10.2. The summed E-state index contributed by atoms with van der Waals surface area (Å²) in [6, 6.07) is 18.4. The van der Waals surface area contributed by atoms with Gasteiger partial charge in [0, 0.05) is 4.88 Å². The lowest BCUT2D eigenvalue weighted by molar-refractivity contribution is 1.50. The molecule has 0 N–H and O–H groups in total. The minimum Gasteiger partial charge on any atom is -0.192 e. The van der Waals surface area contributed by atoms with Crippen molar-refractivity contribution in [3.8, 4) is 6.07 Å². The van der Waals surface area contributed by atoms with Gasteiger partial charge in [-0.05, 0) is 52.1 Å². The Labute approximate surface area is 116 Å². The summed E-state index contributed by atoms with van der Waals surface area (Å²) in [7, 11) is 0. The minimum absolute atomic E-state index is 0.703. The third kappa shape index (κ3) is 2.57. The molecule has 1 heterocycles. The molecule has 0 bridgehead atoms. The van der Waals surface area contributed by atoms with Crippen LogP contribution in [0.2, 0.25) is 0 Å². The second kappa shape index (κ2) is 5.09. The van der Waals surface area contributed by atoms with E-state index in [4.69, 9.17) is 5.26 Å². The van der Waals surface area contributed by atoms with E-state index in [1.54, 1.807) is 11.3 Å². The lowest BCUT2D eigenvalue weighted by Crippen LogP contribution is -1.78. The number of fused-ring (bicyclic) bond motifs is 1. The Bertz CT molecular complexity index is 777. The quantitative estimate of drug-likeness (QED) is 0.640. The predicted octanol–water partition coefficient (Wildman–Crippen LogP) is 4.94. The Morgan fingerprint density at radius 3 is 2.58 bits per heavy atom. The molecule has 0 aliphatic heterocycles. The second-order valence-corrected chi connectivity index (χ2v) is 5.26. The molecule has 0 saturated heterocycles. The molecule has 0 aliphatic rings. The van der Waals surface area contributed by atoms with Crippen molar-refractivity contribution < 1.29 is 0 Å². The summed E-state index contributed by atoms with van der Waals surface area (Å²) in [5.74, 6) is 0. The Kier molecular flexibility index (Phi) is 3.14. The Morgan fingerprint density at radius 1 is 0.947 bits per heavy atom. The SMILES string of the molecule is N#Cc1ccc2cc(/C=C/c3cccs3)ccc2c1. The van der Waals surface area contributed by atoms with Crippen LogP contribution in [0.4, 0.5) is 0 Å². The fraction of sp³-hybridized carbons (Fsp3) is 0. The van der Waals surface area contributed by atoms with Crippen LogP contribution in [0.3, 0.4) is 0 Å². The summed E-state index contributed by atoms with van der Waals surface area (Å²) in [6.07, 6.45) is 4.24. The Morgan fingerprint density at radius 2 is 1.79 bits per heavy atom. The van der Waals surface area contributed by atoms with Crippen LogP contribution in [0.5, 0.6) is 0 Å². The average Bonchev–Trinajstić information content (AvgIpc) is 2.97. The van der Waals surface area contributed by atoms with Crippen molar-refractivity contribution in [2.24, 2.45) is 0 Å². The third-order valence-corrected chi connectivity index (χ3v) is 3.81. The fourth-order valence-corrected chi connectivity index (χ4v) is 2.62. The van der Waals surface area contributed by atoms with E-state index >= 15 is 0 Å². The molecule has 1 nitrogen and oxygen atoms in total. The molecule has 3 aromatic rings. The molecule has 1 aromatic heterocycles. The fourth-order valence-electron chi connectivity index (χ4n) is 2.00. The van der Waals surface area contributed by atoms with Gasteiger partial charge in [-0.15, -0.1) is 11.3 Å². The topological polar surface area (TPSA) is 23.8 Å². The highest BCUT2D eigenvalue weighted by Gasteiger charge is 1.97. The molecule has 2 heteroatoms. The molecular weight excluding hydrogens is 250 g/mol. The van der Waals surface area contributed by atoms with E-state index in [-0.39, 0.29) is 0 Å². The number of benzene rings is 2. The maximum atomic E-state index is 8.88. The molecule has 0 radical (unpaired) electrons. The summed E-state index contributed by atoms with van der Waals surface area (Å²) >= 11 is 1.73. The van der Waals surface area contributed by atoms with Crippen LogP contribution in [0.25, 0.3) is 22.9 Å². The van der Waals surface area contributed by atoms with Crippen molar-refractivity contribution in [3.63, 3.8) is 0 Å². The highest BCUT2D eigenvalue weighted by atomic mass is 32.1. The van der Waals surface area contributed by atoms with Gasteiger partial charge in [-0.25, -0.2) is 0 Å².